The van der Waals surface area contributed by atoms with Crippen molar-refractivity contribution in [2.75, 3.05) is 13.2 Å². The lowest BCUT2D eigenvalue weighted by Gasteiger charge is -2.26. The van der Waals surface area contributed by atoms with Crippen LogP contribution in [0.2, 0.25) is 0 Å². The first-order valence-electron chi connectivity index (χ1n) is 6.75. The number of fused-ring (bicyclic) bond motifs is 1. The Morgan fingerprint density at radius 2 is 1.76 bits per heavy atom. The molecule has 1 heterocycles. The molecule has 1 atom stereocenters. The summed E-state index contributed by atoms with van der Waals surface area (Å²) in [7, 11) is 0. The molecular formula is C16H15F2NO2. The molecule has 1 aliphatic heterocycles. The first kappa shape index (κ1) is 13.8. The Kier molecular flexibility index (Phi) is 4.01. The minimum absolute atomic E-state index is 0.127. The van der Waals surface area contributed by atoms with Crippen LogP contribution in [-0.4, -0.2) is 19.3 Å². The van der Waals surface area contributed by atoms with Crippen LogP contribution in [0, 0.1) is 11.6 Å². The average molecular weight is 291 g/mol. The molecule has 0 aliphatic carbocycles. The Balaban J connectivity index is 1.52. The van der Waals surface area contributed by atoms with Crippen molar-refractivity contribution in [1.82, 2.24) is 5.32 Å². The summed E-state index contributed by atoms with van der Waals surface area (Å²) in [5, 5.41) is 3.12. The Morgan fingerprint density at radius 1 is 1.05 bits per heavy atom. The molecule has 5 heteroatoms. The van der Waals surface area contributed by atoms with Crippen molar-refractivity contribution in [3.63, 3.8) is 0 Å². The molecule has 0 radical (unpaired) electrons. The monoisotopic (exact) mass is 291 g/mol. The van der Waals surface area contributed by atoms with Gasteiger partial charge in [-0.25, -0.2) is 8.78 Å². The van der Waals surface area contributed by atoms with Crippen LogP contribution in [0.1, 0.15) is 5.56 Å². The van der Waals surface area contributed by atoms with Gasteiger partial charge in [-0.2, -0.15) is 0 Å². The lowest BCUT2D eigenvalue weighted by Crippen LogP contribution is -2.38. The molecule has 0 saturated carbocycles. The molecule has 0 spiro atoms. The predicted molar refractivity (Wildman–Crippen MR) is 74.4 cm³/mol. The molecule has 1 N–H and O–H groups in total. The zero-order chi connectivity index (χ0) is 14.7. The summed E-state index contributed by atoms with van der Waals surface area (Å²) >= 11 is 0. The molecule has 2 aromatic carbocycles. The number of benzene rings is 2. The number of hydrogen-bond acceptors (Lipinski definition) is 3. The summed E-state index contributed by atoms with van der Waals surface area (Å²) in [5.74, 6) is 0.309. The number of rotatable bonds is 4. The summed E-state index contributed by atoms with van der Waals surface area (Å²) in [4.78, 5) is 0. The minimum Gasteiger partial charge on any atom is -0.486 e. The number of nitrogens with one attached hydrogen (secondary N) is 1. The second kappa shape index (κ2) is 6.10. The third kappa shape index (κ3) is 3.49. The Bertz CT molecular complexity index is 613. The number of halogens is 2. The van der Waals surface area contributed by atoms with Gasteiger partial charge in [0.1, 0.15) is 24.3 Å². The van der Waals surface area contributed by atoms with Crippen molar-refractivity contribution < 1.29 is 18.3 Å². The third-order valence-electron chi connectivity index (χ3n) is 3.19. The van der Waals surface area contributed by atoms with Crippen molar-refractivity contribution >= 4 is 0 Å². The van der Waals surface area contributed by atoms with Gasteiger partial charge in [-0.05, 0) is 29.8 Å². The molecule has 0 bridgehead atoms. The summed E-state index contributed by atoms with van der Waals surface area (Å²) < 4.78 is 37.5. The van der Waals surface area contributed by atoms with Crippen LogP contribution >= 0.6 is 0 Å². The van der Waals surface area contributed by atoms with Crippen molar-refractivity contribution in [3.05, 3.63) is 59.7 Å². The van der Waals surface area contributed by atoms with Gasteiger partial charge in [0.05, 0.1) is 0 Å². The van der Waals surface area contributed by atoms with E-state index < -0.39 is 11.6 Å². The van der Waals surface area contributed by atoms with Crippen LogP contribution in [-0.2, 0) is 6.54 Å². The van der Waals surface area contributed by atoms with E-state index in [1.54, 1.807) is 0 Å². The summed E-state index contributed by atoms with van der Waals surface area (Å²) in [6.07, 6.45) is -0.127. The van der Waals surface area contributed by atoms with Crippen molar-refractivity contribution in [2.24, 2.45) is 0 Å². The lowest BCUT2D eigenvalue weighted by atomic mass is 10.2. The topological polar surface area (TPSA) is 30.5 Å². The van der Waals surface area contributed by atoms with E-state index in [0.717, 1.165) is 11.8 Å². The molecule has 0 fully saturated rings. The fourth-order valence-electron chi connectivity index (χ4n) is 2.25. The fraction of sp³-hybridized carbons (Fsp3) is 0.250. The Labute approximate surface area is 121 Å². The smallest absolute Gasteiger partial charge is 0.161 e. The van der Waals surface area contributed by atoms with Crippen LogP contribution in [0.3, 0.4) is 0 Å². The van der Waals surface area contributed by atoms with Crippen molar-refractivity contribution in [1.29, 1.82) is 0 Å². The maximum atomic E-state index is 13.1. The maximum absolute atomic E-state index is 13.1. The van der Waals surface area contributed by atoms with Crippen molar-refractivity contribution in [2.45, 2.75) is 12.6 Å². The van der Waals surface area contributed by atoms with Gasteiger partial charge in [-0.15, -0.1) is 0 Å². The highest BCUT2D eigenvalue weighted by Gasteiger charge is 2.19. The van der Waals surface area contributed by atoms with Gasteiger partial charge in [-0.1, -0.05) is 12.1 Å². The third-order valence-corrected chi connectivity index (χ3v) is 3.19. The molecule has 3 nitrogen and oxygen atoms in total. The highest BCUT2D eigenvalue weighted by molar-refractivity contribution is 5.40. The maximum Gasteiger partial charge on any atom is 0.161 e. The van der Waals surface area contributed by atoms with Crippen LogP contribution in [0.15, 0.2) is 42.5 Å². The molecule has 21 heavy (non-hydrogen) atoms. The first-order chi connectivity index (χ1) is 10.2. The SMILES string of the molecule is Fc1cc(F)cc(CNCC2COc3ccccc3O2)c1. The molecule has 0 amide bonds. The molecule has 1 aliphatic rings. The van der Waals surface area contributed by atoms with Crippen molar-refractivity contribution in [3.8, 4) is 11.5 Å². The van der Waals surface area contributed by atoms with Gasteiger partial charge in [0.2, 0.25) is 0 Å². The van der Waals surface area contributed by atoms with Crippen LogP contribution in [0.4, 0.5) is 8.78 Å². The summed E-state index contributed by atoms with van der Waals surface area (Å²) in [6.45, 7) is 1.35. The largest absolute Gasteiger partial charge is 0.486 e. The Morgan fingerprint density at radius 3 is 2.52 bits per heavy atom. The molecule has 1 unspecified atom stereocenters. The zero-order valence-corrected chi connectivity index (χ0v) is 11.3. The number of ether oxygens (including phenoxy) is 2. The quantitative estimate of drug-likeness (QED) is 0.939. The molecule has 110 valence electrons. The second-order valence-electron chi connectivity index (χ2n) is 4.91. The molecule has 0 aromatic heterocycles. The van der Waals surface area contributed by atoms with Gasteiger partial charge < -0.3 is 14.8 Å². The van der Waals surface area contributed by atoms with E-state index >= 15 is 0 Å². The van der Waals surface area contributed by atoms with Gasteiger partial charge in [0.25, 0.3) is 0 Å². The van der Waals surface area contributed by atoms with Gasteiger partial charge >= 0.3 is 0 Å². The van der Waals surface area contributed by atoms with Crippen LogP contribution in [0.5, 0.6) is 11.5 Å². The second-order valence-corrected chi connectivity index (χ2v) is 4.91. The normalized spacial score (nSPS) is 16.8. The van der Waals surface area contributed by atoms with Gasteiger partial charge in [0, 0.05) is 19.2 Å². The number of hydrogen-bond donors (Lipinski definition) is 1. The average Bonchev–Trinajstić information content (AvgIpc) is 2.46. The Hall–Kier alpha value is -2.14. The van der Waals surface area contributed by atoms with E-state index in [-0.39, 0.29) is 6.10 Å². The van der Waals surface area contributed by atoms with E-state index in [1.165, 1.54) is 12.1 Å². The van der Waals surface area contributed by atoms with E-state index in [1.807, 2.05) is 24.3 Å². The lowest BCUT2D eigenvalue weighted by molar-refractivity contribution is 0.0902. The molecule has 3 rings (SSSR count). The van der Waals surface area contributed by atoms with E-state index in [9.17, 15) is 8.78 Å². The summed E-state index contributed by atoms with van der Waals surface area (Å²) in [6, 6.07) is 11.0. The van der Waals surface area contributed by atoms with Gasteiger partial charge in [-0.3, -0.25) is 0 Å². The first-order valence-corrected chi connectivity index (χ1v) is 6.75. The summed E-state index contributed by atoms with van der Waals surface area (Å²) in [5.41, 5.74) is 0.560. The van der Waals surface area contributed by atoms with Crippen LogP contribution in [0.25, 0.3) is 0 Å². The highest BCUT2D eigenvalue weighted by Crippen LogP contribution is 2.30. The molecular weight excluding hydrogens is 276 g/mol. The number of para-hydroxylation sites is 2. The standard InChI is InChI=1S/C16H15F2NO2/c17-12-5-11(6-13(18)7-12)8-19-9-14-10-20-15-3-1-2-4-16(15)21-14/h1-7,14,19H,8-10H2. The zero-order valence-electron chi connectivity index (χ0n) is 11.3. The van der Waals surface area contributed by atoms with Crippen LogP contribution < -0.4 is 14.8 Å². The van der Waals surface area contributed by atoms with Gasteiger partial charge in [0.15, 0.2) is 11.5 Å². The molecule has 2 aromatic rings. The van der Waals surface area contributed by atoms with E-state index in [4.69, 9.17) is 9.47 Å². The fourth-order valence-corrected chi connectivity index (χ4v) is 2.25. The minimum atomic E-state index is -0.571. The van der Waals surface area contributed by atoms with E-state index in [2.05, 4.69) is 5.32 Å². The predicted octanol–water partition coefficient (Wildman–Crippen LogP) is 2.89. The molecule has 0 saturated heterocycles. The highest BCUT2D eigenvalue weighted by atomic mass is 19.1. The van der Waals surface area contributed by atoms with E-state index in [0.29, 0.717) is 31.0 Å².